The average molecular weight is 259 g/mol. The first kappa shape index (κ1) is 14.7. The van der Waals surface area contributed by atoms with Crippen molar-refractivity contribution in [2.45, 2.75) is 19.3 Å². The topological polar surface area (TPSA) is 96.0 Å². The molecule has 5 nitrogen and oxygen atoms in total. The van der Waals surface area contributed by atoms with Crippen molar-refractivity contribution in [3.8, 4) is 6.07 Å². The number of carbonyl (C=O) groups is 2. The Bertz CT molecular complexity index is 465. The molecule has 1 aromatic rings. The minimum atomic E-state index is -0.712. The van der Waals surface area contributed by atoms with Crippen LogP contribution in [-0.2, 0) is 16.0 Å². The Morgan fingerprint density at radius 3 is 2.58 bits per heavy atom. The highest BCUT2D eigenvalue weighted by molar-refractivity contribution is 5.81. The molecule has 100 valence electrons. The number of nitriles is 1. The van der Waals surface area contributed by atoms with Crippen LogP contribution in [0.5, 0.6) is 0 Å². The number of nitrogens with one attached hydrogen (secondary N) is 1. The van der Waals surface area contributed by atoms with E-state index < -0.39 is 11.8 Å². The third-order valence-corrected chi connectivity index (χ3v) is 2.65. The second kappa shape index (κ2) is 7.88. The fourth-order valence-electron chi connectivity index (χ4n) is 1.64. The lowest BCUT2D eigenvalue weighted by Gasteiger charge is -2.10. The van der Waals surface area contributed by atoms with E-state index in [9.17, 15) is 9.59 Å². The first-order chi connectivity index (χ1) is 9.13. The number of nitrogens with two attached hydrogens (primary N) is 1. The van der Waals surface area contributed by atoms with Crippen LogP contribution in [0, 0.1) is 17.2 Å². The van der Waals surface area contributed by atoms with Crippen molar-refractivity contribution in [2.75, 3.05) is 6.54 Å². The minimum absolute atomic E-state index is 0.232. The highest BCUT2D eigenvalue weighted by Crippen LogP contribution is 2.08. The first-order valence-electron chi connectivity index (χ1n) is 6.13. The Morgan fingerprint density at radius 2 is 2.00 bits per heavy atom. The third kappa shape index (κ3) is 5.68. The summed E-state index contributed by atoms with van der Waals surface area (Å²) in [5, 5.41) is 11.7. The SMILES string of the molecule is N#CC(Cc1ccccc1)C(=O)NCCCC(N)=O. The molecule has 5 heteroatoms. The van der Waals surface area contributed by atoms with Crippen molar-refractivity contribution in [2.24, 2.45) is 11.7 Å². The highest BCUT2D eigenvalue weighted by Gasteiger charge is 2.17. The van der Waals surface area contributed by atoms with E-state index in [1.807, 2.05) is 36.4 Å². The van der Waals surface area contributed by atoms with E-state index >= 15 is 0 Å². The molecule has 1 atom stereocenters. The zero-order valence-corrected chi connectivity index (χ0v) is 10.6. The van der Waals surface area contributed by atoms with Crippen LogP contribution >= 0.6 is 0 Å². The van der Waals surface area contributed by atoms with Crippen molar-refractivity contribution < 1.29 is 9.59 Å². The standard InChI is InChI=1S/C14H17N3O2/c15-10-12(9-11-5-2-1-3-6-11)14(19)17-8-4-7-13(16)18/h1-3,5-6,12H,4,7-9H2,(H2,16,18)(H,17,19). The molecule has 0 aliphatic rings. The number of hydrogen-bond acceptors (Lipinski definition) is 3. The van der Waals surface area contributed by atoms with Gasteiger partial charge in [0.05, 0.1) is 6.07 Å². The molecule has 0 spiro atoms. The smallest absolute Gasteiger partial charge is 0.237 e. The van der Waals surface area contributed by atoms with Gasteiger partial charge in [0.25, 0.3) is 0 Å². The summed E-state index contributed by atoms with van der Waals surface area (Å²) in [6.45, 7) is 0.356. The lowest BCUT2D eigenvalue weighted by Crippen LogP contribution is -2.32. The lowest BCUT2D eigenvalue weighted by molar-refractivity contribution is -0.123. The molecule has 0 heterocycles. The van der Waals surface area contributed by atoms with Gasteiger partial charge in [-0.2, -0.15) is 5.26 Å². The molecule has 1 rings (SSSR count). The third-order valence-electron chi connectivity index (χ3n) is 2.65. The summed E-state index contributed by atoms with van der Waals surface area (Å²) in [5.74, 6) is -1.41. The van der Waals surface area contributed by atoms with Gasteiger partial charge in [0.2, 0.25) is 11.8 Å². The molecular weight excluding hydrogens is 242 g/mol. The van der Waals surface area contributed by atoms with Gasteiger partial charge in [-0.25, -0.2) is 0 Å². The number of rotatable bonds is 7. The predicted octanol–water partition coefficient (Wildman–Crippen LogP) is 0.751. The second-order valence-corrected chi connectivity index (χ2v) is 4.23. The van der Waals surface area contributed by atoms with E-state index in [2.05, 4.69) is 5.32 Å². The summed E-state index contributed by atoms with van der Waals surface area (Å²) in [6, 6.07) is 11.4. The van der Waals surface area contributed by atoms with Crippen LogP contribution in [0.3, 0.4) is 0 Å². The number of carbonyl (C=O) groups excluding carboxylic acids is 2. The Hall–Kier alpha value is -2.35. The first-order valence-corrected chi connectivity index (χ1v) is 6.13. The summed E-state index contributed by atoms with van der Waals surface area (Å²) in [4.78, 5) is 22.3. The summed E-state index contributed by atoms with van der Waals surface area (Å²) in [6.07, 6.45) is 1.11. The van der Waals surface area contributed by atoms with Gasteiger partial charge in [0.15, 0.2) is 0 Å². The molecule has 0 bridgehead atoms. The van der Waals surface area contributed by atoms with E-state index in [1.54, 1.807) is 0 Å². The fraction of sp³-hybridized carbons (Fsp3) is 0.357. The van der Waals surface area contributed by atoms with E-state index in [4.69, 9.17) is 11.0 Å². The second-order valence-electron chi connectivity index (χ2n) is 4.23. The molecule has 0 aromatic heterocycles. The normalized spacial score (nSPS) is 11.3. The largest absolute Gasteiger partial charge is 0.370 e. The van der Waals surface area contributed by atoms with Crippen LogP contribution in [-0.4, -0.2) is 18.4 Å². The van der Waals surface area contributed by atoms with Crippen LogP contribution in [0.25, 0.3) is 0 Å². The predicted molar refractivity (Wildman–Crippen MR) is 70.7 cm³/mol. The number of primary amides is 1. The van der Waals surface area contributed by atoms with Crippen LogP contribution in [0.1, 0.15) is 18.4 Å². The van der Waals surface area contributed by atoms with Gasteiger partial charge in [-0.3, -0.25) is 9.59 Å². The van der Waals surface area contributed by atoms with Gasteiger partial charge >= 0.3 is 0 Å². The monoisotopic (exact) mass is 259 g/mol. The van der Waals surface area contributed by atoms with Crippen LogP contribution in [0.4, 0.5) is 0 Å². The van der Waals surface area contributed by atoms with Crippen molar-refractivity contribution in [3.05, 3.63) is 35.9 Å². The maximum Gasteiger partial charge on any atom is 0.237 e. The van der Waals surface area contributed by atoms with Gasteiger partial charge in [0, 0.05) is 13.0 Å². The molecular formula is C14H17N3O2. The van der Waals surface area contributed by atoms with Gasteiger partial charge in [-0.15, -0.1) is 0 Å². The molecule has 1 aromatic carbocycles. The Balaban J connectivity index is 2.40. The summed E-state index contributed by atoms with van der Waals surface area (Å²) in [5.41, 5.74) is 5.94. The zero-order valence-electron chi connectivity index (χ0n) is 10.6. The quantitative estimate of drug-likeness (QED) is 0.707. The average Bonchev–Trinajstić information content (AvgIpc) is 2.41. The van der Waals surface area contributed by atoms with Crippen molar-refractivity contribution in [1.29, 1.82) is 5.26 Å². The molecule has 0 radical (unpaired) electrons. The molecule has 0 aliphatic carbocycles. The Morgan fingerprint density at radius 1 is 1.32 bits per heavy atom. The van der Waals surface area contributed by atoms with Crippen LogP contribution < -0.4 is 11.1 Å². The molecule has 0 aliphatic heterocycles. The zero-order chi connectivity index (χ0) is 14.1. The van der Waals surface area contributed by atoms with E-state index in [0.717, 1.165) is 5.56 Å². The molecule has 0 saturated heterocycles. The maximum absolute atomic E-state index is 11.8. The van der Waals surface area contributed by atoms with E-state index in [-0.39, 0.29) is 12.3 Å². The molecule has 2 amide bonds. The molecule has 0 fully saturated rings. The molecule has 0 saturated carbocycles. The molecule has 19 heavy (non-hydrogen) atoms. The maximum atomic E-state index is 11.8. The van der Waals surface area contributed by atoms with Crippen molar-refractivity contribution in [1.82, 2.24) is 5.32 Å². The fourth-order valence-corrected chi connectivity index (χ4v) is 1.64. The summed E-state index contributed by atoms with van der Waals surface area (Å²) < 4.78 is 0. The minimum Gasteiger partial charge on any atom is -0.370 e. The van der Waals surface area contributed by atoms with Crippen molar-refractivity contribution >= 4 is 11.8 Å². The van der Waals surface area contributed by atoms with E-state index in [1.165, 1.54) is 0 Å². The number of nitrogens with zero attached hydrogens (tertiary/aromatic N) is 1. The summed E-state index contributed by atoms with van der Waals surface area (Å²) >= 11 is 0. The Labute approximate surface area is 112 Å². The number of hydrogen-bond donors (Lipinski definition) is 2. The van der Waals surface area contributed by atoms with Crippen LogP contribution in [0.15, 0.2) is 30.3 Å². The summed E-state index contributed by atoms with van der Waals surface area (Å²) in [7, 11) is 0. The van der Waals surface area contributed by atoms with E-state index in [0.29, 0.717) is 19.4 Å². The van der Waals surface area contributed by atoms with Crippen LogP contribution in [0.2, 0.25) is 0 Å². The van der Waals surface area contributed by atoms with Gasteiger partial charge in [-0.1, -0.05) is 30.3 Å². The number of benzene rings is 1. The van der Waals surface area contributed by atoms with Gasteiger partial charge in [-0.05, 0) is 18.4 Å². The Kier molecular flexibility index (Phi) is 6.10. The highest BCUT2D eigenvalue weighted by atomic mass is 16.2. The van der Waals surface area contributed by atoms with Gasteiger partial charge < -0.3 is 11.1 Å². The van der Waals surface area contributed by atoms with Gasteiger partial charge in [0.1, 0.15) is 5.92 Å². The lowest BCUT2D eigenvalue weighted by atomic mass is 10.00. The van der Waals surface area contributed by atoms with Crippen molar-refractivity contribution in [3.63, 3.8) is 0 Å². The number of amides is 2. The molecule has 1 unspecified atom stereocenters. The molecule has 3 N–H and O–H groups in total.